The van der Waals surface area contributed by atoms with Crippen LogP contribution in [-0.4, -0.2) is 63.8 Å². The summed E-state index contributed by atoms with van der Waals surface area (Å²) in [5, 5.41) is 8.20. The van der Waals surface area contributed by atoms with E-state index < -0.39 is 0 Å². The van der Waals surface area contributed by atoms with Crippen molar-refractivity contribution in [1.82, 2.24) is 30.0 Å². The minimum Gasteiger partial charge on any atom is -0.355 e. The number of nitrogens with zero attached hydrogens (tertiary/aromatic N) is 6. The monoisotopic (exact) mass is 385 g/mol. The molecule has 0 spiro atoms. The maximum absolute atomic E-state index is 12.3. The average molecular weight is 386 g/mol. The van der Waals surface area contributed by atoms with Crippen molar-refractivity contribution in [2.24, 2.45) is 0 Å². The molecule has 1 atom stereocenters. The first-order valence-corrected chi connectivity index (χ1v) is 9.85. The predicted molar refractivity (Wildman–Crippen MR) is 110 cm³/mol. The molecule has 1 aliphatic rings. The summed E-state index contributed by atoms with van der Waals surface area (Å²) in [6.07, 6.45) is 3.06. The predicted octanol–water partition coefficient (Wildman–Crippen LogP) is 1.94. The van der Waals surface area contributed by atoms with Gasteiger partial charge in [0.15, 0.2) is 0 Å². The summed E-state index contributed by atoms with van der Waals surface area (Å²) in [5.41, 5.74) is 2.94. The van der Waals surface area contributed by atoms with Crippen molar-refractivity contribution in [3.63, 3.8) is 0 Å². The highest BCUT2D eigenvalue weighted by Gasteiger charge is 2.26. The molecule has 1 N–H and O–H groups in total. The van der Waals surface area contributed by atoms with Crippen molar-refractivity contribution in [2.45, 2.75) is 52.7 Å². The van der Waals surface area contributed by atoms with Crippen LogP contribution in [0.5, 0.6) is 0 Å². The van der Waals surface area contributed by atoms with Crippen molar-refractivity contribution in [1.29, 1.82) is 0 Å². The highest BCUT2D eigenvalue weighted by Crippen LogP contribution is 2.24. The number of anilines is 1. The van der Waals surface area contributed by atoms with Gasteiger partial charge in [0, 0.05) is 63.3 Å². The van der Waals surface area contributed by atoms with Crippen molar-refractivity contribution in [3.8, 4) is 0 Å². The molecule has 0 unspecified atom stereocenters. The van der Waals surface area contributed by atoms with Crippen LogP contribution in [0.15, 0.2) is 12.3 Å². The highest BCUT2D eigenvalue weighted by atomic mass is 16.2. The molecule has 1 amide bonds. The fourth-order valence-electron chi connectivity index (χ4n) is 3.34. The van der Waals surface area contributed by atoms with E-state index in [1.165, 1.54) is 4.90 Å². The minimum atomic E-state index is -0.168. The summed E-state index contributed by atoms with van der Waals surface area (Å²) in [4.78, 5) is 25.0. The standard InChI is InChI=1S/C20H31N7O/c1-13(2)27-10-8-16(24-27)11-21-17-7-9-26(12-17)19-14(3)15(4)22-18(23-19)20(28)25(5)6/h8,10,13,17,21H,7,9,11-12H2,1-6H3/t17-/m1/s1. The van der Waals surface area contributed by atoms with Gasteiger partial charge in [-0.2, -0.15) is 5.10 Å². The number of aryl methyl sites for hydroxylation is 1. The molecule has 0 aromatic carbocycles. The second kappa shape index (κ2) is 8.26. The third kappa shape index (κ3) is 4.32. The minimum absolute atomic E-state index is 0.168. The molecule has 2 aromatic rings. The van der Waals surface area contributed by atoms with Crippen LogP contribution in [0.25, 0.3) is 0 Å². The van der Waals surface area contributed by atoms with Gasteiger partial charge in [-0.3, -0.25) is 9.48 Å². The van der Waals surface area contributed by atoms with Gasteiger partial charge in [-0.05, 0) is 40.2 Å². The maximum Gasteiger partial charge on any atom is 0.291 e. The van der Waals surface area contributed by atoms with E-state index in [2.05, 4.69) is 45.2 Å². The Morgan fingerprint density at radius 2 is 2.07 bits per heavy atom. The molecule has 2 aromatic heterocycles. The second-order valence-corrected chi connectivity index (χ2v) is 7.97. The number of carbonyl (C=O) groups is 1. The number of carbonyl (C=O) groups excluding carboxylic acids is 1. The lowest BCUT2D eigenvalue weighted by Gasteiger charge is -2.22. The number of hydrogen-bond acceptors (Lipinski definition) is 6. The summed E-state index contributed by atoms with van der Waals surface area (Å²) in [5.74, 6) is 0.962. The van der Waals surface area contributed by atoms with Crippen molar-refractivity contribution in [3.05, 3.63) is 35.0 Å². The third-order valence-corrected chi connectivity index (χ3v) is 5.21. The normalized spacial score (nSPS) is 16.8. The van der Waals surface area contributed by atoms with Gasteiger partial charge in [0.1, 0.15) is 5.82 Å². The molecule has 28 heavy (non-hydrogen) atoms. The molecule has 0 radical (unpaired) electrons. The highest BCUT2D eigenvalue weighted by molar-refractivity contribution is 5.90. The molecule has 0 aliphatic carbocycles. The molecular formula is C20H31N7O. The van der Waals surface area contributed by atoms with Gasteiger partial charge in [-0.1, -0.05) is 0 Å². The summed E-state index contributed by atoms with van der Waals surface area (Å²) in [6, 6.07) is 2.81. The number of aromatic nitrogens is 4. The molecule has 8 heteroatoms. The van der Waals surface area contributed by atoms with Gasteiger partial charge in [0.05, 0.1) is 5.69 Å². The van der Waals surface area contributed by atoms with E-state index in [-0.39, 0.29) is 11.7 Å². The lowest BCUT2D eigenvalue weighted by Crippen LogP contribution is -2.33. The number of hydrogen-bond donors (Lipinski definition) is 1. The molecule has 0 bridgehead atoms. The Balaban J connectivity index is 1.66. The van der Waals surface area contributed by atoms with Crippen LogP contribution >= 0.6 is 0 Å². The lowest BCUT2D eigenvalue weighted by atomic mass is 10.2. The number of rotatable bonds is 6. The average Bonchev–Trinajstić information content (AvgIpc) is 3.30. The van der Waals surface area contributed by atoms with E-state index in [1.807, 2.05) is 24.7 Å². The first-order valence-electron chi connectivity index (χ1n) is 9.85. The van der Waals surface area contributed by atoms with Gasteiger partial charge >= 0.3 is 0 Å². The van der Waals surface area contributed by atoms with E-state index >= 15 is 0 Å². The first kappa shape index (κ1) is 20.3. The Bertz CT molecular complexity index is 843. The molecule has 1 aliphatic heterocycles. The van der Waals surface area contributed by atoms with Crippen LogP contribution in [0.4, 0.5) is 5.82 Å². The van der Waals surface area contributed by atoms with Gasteiger partial charge in [0.2, 0.25) is 5.82 Å². The molecular weight excluding hydrogens is 354 g/mol. The van der Waals surface area contributed by atoms with Crippen LogP contribution in [0.3, 0.4) is 0 Å². The fraction of sp³-hybridized carbons (Fsp3) is 0.600. The van der Waals surface area contributed by atoms with Crippen LogP contribution in [0.2, 0.25) is 0 Å². The molecule has 3 rings (SSSR count). The third-order valence-electron chi connectivity index (χ3n) is 5.21. The summed E-state index contributed by atoms with van der Waals surface area (Å²) >= 11 is 0. The van der Waals surface area contributed by atoms with Crippen molar-refractivity contribution < 1.29 is 4.79 Å². The zero-order valence-corrected chi connectivity index (χ0v) is 17.7. The van der Waals surface area contributed by atoms with E-state index in [4.69, 9.17) is 0 Å². The Morgan fingerprint density at radius 1 is 1.32 bits per heavy atom. The summed E-state index contributed by atoms with van der Waals surface area (Å²) < 4.78 is 1.98. The first-order chi connectivity index (χ1) is 13.3. The van der Waals surface area contributed by atoms with Crippen LogP contribution in [0, 0.1) is 13.8 Å². The second-order valence-electron chi connectivity index (χ2n) is 7.97. The Labute approximate surface area is 167 Å². The van der Waals surface area contributed by atoms with E-state index in [9.17, 15) is 4.79 Å². The largest absolute Gasteiger partial charge is 0.355 e. The van der Waals surface area contributed by atoms with Crippen molar-refractivity contribution in [2.75, 3.05) is 32.1 Å². The van der Waals surface area contributed by atoms with Gasteiger partial charge in [-0.25, -0.2) is 9.97 Å². The molecule has 1 fully saturated rings. The quantitative estimate of drug-likeness (QED) is 0.819. The van der Waals surface area contributed by atoms with Crippen LogP contribution in [-0.2, 0) is 6.54 Å². The van der Waals surface area contributed by atoms with Crippen LogP contribution in [0.1, 0.15) is 53.9 Å². The maximum atomic E-state index is 12.3. The fourth-order valence-corrected chi connectivity index (χ4v) is 3.34. The van der Waals surface area contributed by atoms with Crippen LogP contribution < -0.4 is 10.2 Å². The molecule has 0 saturated carbocycles. The van der Waals surface area contributed by atoms with Crippen molar-refractivity contribution >= 4 is 11.7 Å². The molecule has 3 heterocycles. The van der Waals surface area contributed by atoms with E-state index in [1.54, 1.807) is 14.1 Å². The van der Waals surface area contributed by atoms with E-state index in [0.29, 0.717) is 12.1 Å². The zero-order chi connectivity index (χ0) is 20.4. The van der Waals surface area contributed by atoms with Gasteiger partial charge in [-0.15, -0.1) is 0 Å². The lowest BCUT2D eigenvalue weighted by molar-refractivity contribution is 0.0815. The molecule has 1 saturated heterocycles. The zero-order valence-electron chi connectivity index (χ0n) is 17.7. The Hall–Kier alpha value is -2.48. The SMILES string of the molecule is Cc1nc(C(=O)N(C)C)nc(N2CC[C@@H](NCc3ccn(C(C)C)n3)C2)c1C. The number of amides is 1. The summed E-state index contributed by atoms with van der Waals surface area (Å²) in [6.45, 7) is 10.7. The summed E-state index contributed by atoms with van der Waals surface area (Å²) in [7, 11) is 3.44. The van der Waals surface area contributed by atoms with Gasteiger partial charge in [0.25, 0.3) is 5.91 Å². The topological polar surface area (TPSA) is 79.2 Å². The Morgan fingerprint density at radius 3 is 2.71 bits per heavy atom. The number of nitrogens with one attached hydrogen (secondary N) is 1. The smallest absolute Gasteiger partial charge is 0.291 e. The van der Waals surface area contributed by atoms with Gasteiger partial charge < -0.3 is 15.1 Å². The van der Waals surface area contributed by atoms with E-state index in [0.717, 1.165) is 48.8 Å². The molecule has 8 nitrogen and oxygen atoms in total. The molecule has 152 valence electrons. The Kier molecular flexibility index (Phi) is 5.98.